The maximum absolute atomic E-state index is 10.6. The quantitative estimate of drug-likeness (QED) is 0.795. The molecule has 0 amide bonds. The summed E-state index contributed by atoms with van der Waals surface area (Å²) in [5, 5.41) is 4.36. The Hall–Kier alpha value is -1.13. The van der Waals surface area contributed by atoms with E-state index in [9.17, 15) is 4.79 Å². The summed E-state index contributed by atoms with van der Waals surface area (Å²) in [7, 11) is 0. The molecule has 2 aromatic rings. The van der Waals surface area contributed by atoms with E-state index in [1.165, 1.54) is 10.9 Å². The molecule has 2 rings (SSSR count). The second-order valence-electron chi connectivity index (χ2n) is 2.87. The fourth-order valence-electron chi connectivity index (χ4n) is 1.22. The van der Waals surface area contributed by atoms with E-state index in [-0.39, 0.29) is 0 Å². The molecular formula is C10H6BrClN2O. The Morgan fingerprint density at radius 3 is 2.73 bits per heavy atom. The number of nitrogens with zero attached hydrogens (tertiary/aromatic N) is 2. The molecule has 1 aromatic heterocycles. The van der Waals surface area contributed by atoms with E-state index in [1.54, 1.807) is 0 Å². The van der Waals surface area contributed by atoms with Crippen LogP contribution < -0.4 is 0 Å². The van der Waals surface area contributed by atoms with E-state index < -0.39 is 0 Å². The number of hydrogen-bond acceptors (Lipinski definition) is 2. The van der Waals surface area contributed by atoms with Crippen LogP contribution in [0.2, 0.25) is 5.15 Å². The fraction of sp³-hybridized carbons (Fsp3) is 0. The zero-order valence-electron chi connectivity index (χ0n) is 7.52. The summed E-state index contributed by atoms with van der Waals surface area (Å²) in [6.07, 6.45) is 2.12. The highest BCUT2D eigenvalue weighted by Gasteiger charge is 2.10. The third-order valence-corrected chi connectivity index (χ3v) is 2.99. The van der Waals surface area contributed by atoms with Crippen molar-refractivity contribution in [2.45, 2.75) is 0 Å². The number of benzene rings is 1. The van der Waals surface area contributed by atoms with Gasteiger partial charge in [-0.3, -0.25) is 4.79 Å². The Balaban J connectivity index is 2.59. The molecule has 0 bridgehead atoms. The highest BCUT2D eigenvalue weighted by atomic mass is 79.9. The summed E-state index contributed by atoms with van der Waals surface area (Å²) in [6.45, 7) is 0. The predicted octanol–water partition coefficient (Wildman–Crippen LogP) is 3.10. The minimum atomic E-state index is 0.317. The van der Waals surface area contributed by atoms with Crippen molar-refractivity contribution in [3.8, 4) is 5.69 Å². The lowest BCUT2D eigenvalue weighted by Crippen LogP contribution is -1.97. The number of para-hydroxylation sites is 1. The minimum absolute atomic E-state index is 0.317. The number of aromatic nitrogens is 2. The van der Waals surface area contributed by atoms with Crippen LogP contribution in [0.25, 0.3) is 5.69 Å². The lowest BCUT2D eigenvalue weighted by molar-refractivity contribution is 0.112. The molecule has 1 heterocycles. The van der Waals surface area contributed by atoms with E-state index in [0.717, 1.165) is 10.2 Å². The number of carbonyl (C=O) groups is 1. The zero-order valence-corrected chi connectivity index (χ0v) is 9.86. The molecule has 0 N–H and O–H groups in total. The summed E-state index contributed by atoms with van der Waals surface area (Å²) in [4.78, 5) is 10.6. The van der Waals surface area contributed by atoms with Gasteiger partial charge in [-0.05, 0) is 28.1 Å². The second kappa shape index (κ2) is 4.16. The first kappa shape index (κ1) is 10.4. The lowest BCUT2D eigenvalue weighted by Gasteiger charge is -2.04. The molecule has 76 valence electrons. The topological polar surface area (TPSA) is 34.9 Å². The molecule has 0 spiro atoms. The van der Waals surface area contributed by atoms with Crippen molar-refractivity contribution in [2.24, 2.45) is 0 Å². The molecule has 1 aromatic carbocycles. The van der Waals surface area contributed by atoms with Crippen LogP contribution >= 0.6 is 27.5 Å². The van der Waals surface area contributed by atoms with Crippen molar-refractivity contribution in [2.75, 3.05) is 0 Å². The highest BCUT2D eigenvalue weighted by molar-refractivity contribution is 9.10. The van der Waals surface area contributed by atoms with Crippen LogP contribution in [0.4, 0.5) is 0 Å². The summed E-state index contributed by atoms with van der Waals surface area (Å²) in [6, 6.07) is 7.51. The highest BCUT2D eigenvalue weighted by Crippen LogP contribution is 2.24. The average Bonchev–Trinajstić information content (AvgIpc) is 2.60. The summed E-state index contributed by atoms with van der Waals surface area (Å²) < 4.78 is 2.38. The van der Waals surface area contributed by atoms with Crippen LogP contribution in [0.1, 0.15) is 10.4 Å². The molecule has 0 aliphatic carbocycles. The Kier molecular flexibility index (Phi) is 2.88. The Bertz CT molecular complexity index is 510. The van der Waals surface area contributed by atoms with Crippen LogP contribution in [-0.2, 0) is 0 Å². The van der Waals surface area contributed by atoms with Gasteiger partial charge in [0.2, 0.25) is 0 Å². The molecule has 0 saturated carbocycles. The van der Waals surface area contributed by atoms with Crippen molar-refractivity contribution in [1.29, 1.82) is 0 Å². The summed E-state index contributed by atoms with van der Waals surface area (Å²) in [5.74, 6) is 0. The second-order valence-corrected chi connectivity index (χ2v) is 4.08. The van der Waals surface area contributed by atoms with E-state index in [4.69, 9.17) is 11.6 Å². The molecule has 5 heteroatoms. The number of carbonyl (C=O) groups excluding carboxylic acids is 1. The number of hydrogen-bond donors (Lipinski definition) is 0. The smallest absolute Gasteiger partial charge is 0.154 e. The van der Waals surface area contributed by atoms with Crippen LogP contribution in [0.5, 0.6) is 0 Å². The molecule has 3 nitrogen and oxygen atoms in total. The third-order valence-electron chi connectivity index (χ3n) is 1.94. The van der Waals surface area contributed by atoms with Crippen molar-refractivity contribution >= 4 is 33.8 Å². The maximum Gasteiger partial charge on any atom is 0.154 e. The van der Waals surface area contributed by atoms with Gasteiger partial charge in [0.05, 0.1) is 17.4 Å². The largest absolute Gasteiger partial charge is 0.298 e. The molecule has 0 aliphatic heterocycles. The molecule has 0 atom stereocenters. The molecule has 0 saturated heterocycles. The fourth-order valence-corrected chi connectivity index (χ4v) is 1.90. The van der Waals surface area contributed by atoms with Gasteiger partial charge in [0.1, 0.15) is 5.15 Å². The Labute approximate surface area is 99.8 Å². The summed E-state index contributed by atoms with van der Waals surface area (Å²) in [5.41, 5.74) is 1.18. The van der Waals surface area contributed by atoms with Crippen LogP contribution in [0.15, 0.2) is 34.9 Å². The number of aldehydes is 1. The van der Waals surface area contributed by atoms with E-state index in [0.29, 0.717) is 17.0 Å². The van der Waals surface area contributed by atoms with Gasteiger partial charge in [-0.1, -0.05) is 23.7 Å². The zero-order chi connectivity index (χ0) is 10.8. The lowest BCUT2D eigenvalue weighted by atomic mass is 10.3. The van der Waals surface area contributed by atoms with Gasteiger partial charge in [0, 0.05) is 4.47 Å². The molecule has 15 heavy (non-hydrogen) atoms. The van der Waals surface area contributed by atoms with Crippen LogP contribution in [0, 0.1) is 0 Å². The maximum atomic E-state index is 10.6. The first-order chi connectivity index (χ1) is 7.24. The van der Waals surface area contributed by atoms with Gasteiger partial charge in [0.15, 0.2) is 6.29 Å². The van der Waals surface area contributed by atoms with Crippen LogP contribution in [-0.4, -0.2) is 16.1 Å². The van der Waals surface area contributed by atoms with Gasteiger partial charge in [-0.2, -0.15) is 5.10 Å². The molecular weight excluding hydrogens is 279 g/mol. The Morgan fingerprint density at radius 1 is 1.40 bits per heavy atom. The van der Waals surface area contributed by atoms with Gasteiger partial charge < -0.3 is 0 Å². The normalized spacial score (nSPS) is 10.3. The van der Waals surface area contributed by atoms with Crippen molar-refractivity contribution in [3.63, 3.8) is 0 Å². The van der Waals surface area contributed by atoms with Crippen LogP contribution in [0.3, 0.4) is 0 Å². The predicted molar refractivity (Wildman–Crippen MR) is 61.7 cm³/mol. The van der Waals surface area contributed by atoms with E-state index >= 15 is 0 Å². The van der Waals surface area contributed by atoms with Gasteiger partial charge in [-0.25, -0.2) is 4.68 Å². The van der Waals surface area contributed by atoms with E-state index in [2.05, 4.69) is 21.0 Å². The Morgan fingerprint density at radius 2 is 2.13 bits per heavy atom. The van der Waals surface area contributed by atoms with Crippen molar-refractivity contribution < 1.29 is 4.79 Å². The summed E-state index contributed by atoms with van der Waals surface area (Å²) >= 11 is 9.37. The van der Waals surface area contributed by atoms with Gasteiger partial charge >= 0.3 is 0 Å². The van der Waals surface area contributed by atoms with Gasteiger partial charge in [0.25, 0.3) is 0 Å². The first-order valence-electron chi connectivity index (χ1n) is 4.17. The third kappa shape index (κ3) is 1.82. The monoisotopic (exact) mass is 284 g/mol. The minimum Gasteiger partial charge on any atom is -0.298 e. The SMILES string of the molecule is O=Cc1cnn(-c2ccccc2Br)c1Cl. The molecule has 0 fully saturated rings. The average molecular weight is 286 g/mol. The first-order valence-corrected chi connectivity index (χ1v) is 5.34. The van der Waals surface area contributed by atoms with Crippen molar-refractivity contribution in [3.05, 3.63) is 45.7 Å². The number of halogens is 2. The number of rotatable bonds is 2. The standard InChI is InChI=1S/C10H6BrClN2O/c11-8-3-1-2-4-9(8)14-10(12)7(6-15)5-13-14/h1-6H. The molecule has 0 radical (unpaired) electrons. The van der Waals surface area contributed by atoms with Gasteiger partial charge in [-0.15, -0.1) is 0 Å². The van der Waals surface area contributed by atoms with E-state index in [1.807, 2.05) is 24.3 Å². The molecule has 0 aliphatic rings. The van der Waals surface area contributed by atoms with Crippen molar-refractivity contribution in [1.82, 2.24) is 9.78 Å². The molecule has 0 unspecified atom stereocenters.